The van der Waals surface area contributed by atoms with Crippen molar-refractivity contribution in [1.82, 2.24) is 10.6 Å². The molecule has 0 saturated heterocycles. The summed E-state index contributed by atoms with van der Waals surface area (Å²) < 4.78 is 0. The molecule has 88 valence electrons. The molecule has 0 aromatic rings. The summed E-state index contributed by atoms with van der Waals surface area (Å²) in [6, 6.07) is -0.159. The van der Waals surface area contributed by atoms with Gasteiger partial charge in [-0.3, -0.25) is 0 Å². The zero-order chi connectivity index (χ0) is 11.9. The second-order valence-electron chi connectivity index (χ2n) is 4.21. The number of hydrogen-bond donors (Lipinski definition) is 3. The van der Waals surface area contributed by atoms with Crippen LogP contribution in [0.3, 0.4) is 0 Å². The maximum Gasteiger partial charge on any atom is 0.314 e. The lowest BCUT2D eigenvalue weighted by Crippen LogP contribution is -2.45. The Morgan fingerprint density at radius 1 is 1.40 bits per heavy atom. The normalized spacial score (nSPS) is 10.9. The van der Waals surface area contributed by atoms with Crippen molar-refractivity contribution in [1.29, 1.82) is 0 Å². The molecule has 0 aromatic heterocycles. The number of hydrogen-bond acceptors (Lipinski definition) is 2. The van der Waals surface area contributed by atoms with Gasteiger partial charge in [0.2, 0.25) is 0 Å². The first kappa shape index (κ1) is 14.2. The van der Waals surface area contributed by atoms with E-state index >= 15 is 0 Å². The summed E-state index contributed by atoms with van der Waals surface area (Å²) in [6.45, 7) is 7.05. The van der Waals surface area contributed by atoms with E-state index in [0.29, 0.717) is 18.1 Å². The SMILES string of the molecule is CCCCNC(=O)NCC(C)(C)C(N)=S. The third-order valence-electron chi connectivity index (χ3n) is 2.17. The lowest BCUT2D eigenvalue weighted by Gasteiger charge is -2.23. The molecule has 0 fully saturated rings. The van der Waals surface area contributed by atoms with Gasteiger partial charge in [-0.2, -0.15) is 0 Å². The van der Waals surface area contributed by atoms with Crippen LogP contribution in [0, 0.1) is 5.41 Å². The highest BCUT2D eigenvalue weighted by molar-refractivity contribution is 7.80. The average molecular weight is 231 g/mol. The Morgan fingerprint density at radius 3 is 2.47 bits per heavy atom. The first-order chi connectivity index (χ1) is 6.90. The minimum Gasteiger partial charge on any atom is -0.393 e. The van der Waals surface area contributed by atoms with Crippen LogP contribution in [0.5, 0.6) is 0 Å². The Kier molecular flexibility index (Phi) is 6.24. The molecule has 0 radical (unpaired) electrons. The molecule has 15 heavy (non-hydrogen) atoms. The highest BCUT2D eigenvalue weighted by Gasteiger charge is 2.21. The minimum atomic E-state index is -0.336. The molecule has 2 amide bonds. The summed E-state index contributed by atoms with van der Waals surface area (Å²) in [6.07, 6.45) is 2.06. The zero-order valence-corrected chi connectivity index (χ0v) is 10.5. The van der Waals surface area contributed by atoms with Gasteiger partial charge in [-0.05, 0) is 6.42 Å². The number of carbonyl (C=O) groups is 1. The van der Waals surface area contributed by atoms with Gasteiger partial charge >= 0.3 is 6.03 Å². The highest BCUT2D eigenvalue weighted by atomic mass is 32.1. The van der Waals surface area contributed by atoms with E-state index in [1.807, 2.05) is 13.8 Å². The van der Waals surface area contributed by atoms with Crippen molar-refractivity contribution in [3.05, 3.63) is 0 Å². The summed E-state index contributed by atoms with van der Waals surface area (Å²) >= 11 is 4.90. The molecule has 0 aliphatic rings. The van der Waals surface area contributed by atoms with Gasteiger partial charge in [-0.1, -0.05) is 39.4 Å². The van der Waals surface area contributed by atoms with E-state index in [9.17, 15) is 4.79 Å². The van der Waals surface area contributed by atoms with Gasteiger partial charge in [0.15, 0.2) is 0 Å². The summed E-state index contributed by atoms with van der Waals surface area (Å²) in [5.74, 6) is 0. The molecule has 0 rings (SSSR count). The largest absolute Gasteiger partial charge is 0.393 e. The van der Waals surface area contributed by atoms with Gasteiger partial charge in [0.05, 0.1) is 4.99 Å². The molecule has 5 heteroatoms. The van der Waals surface area contributed by atoms with Gasteiger partial charge < -0.3 is 16.4 Å². The van der Waals surface area contributed by atoms with E-state index in [1.54, 1.807) is 0 Å². The van der Waals surface area contributed by atoms with Crippen molar-refractivity contribution in [3.8, 4) is 0 Å². The van der Waals surface area contributed by atoms with E-state index in [-0.39, 0.29) is 11.4 Å². The standard InChI is InChI=1S/C10H21N3OS/c1-4-5-6-12-9(14)13-7-10(2,3)8(11)15/h4-7H2,1-3H3,(H2,11,15)(H2,12,13,14). The van der Waals surface area contributed by atoms with E-state index in [0.717, 1.165) is 12.8 Å². The average Bonchev–Trinajstić information content (AvgIpc) is 2.15. The molecule has 0 aliphatic heterocycles. The molecule has 0 spiro atoms. The fourth-order valence-electron chi connectivity index (χ4n) is 0.830. The molecule has 0 atom stereocenters. The van der Waals surface area contributed by atoms with Crippen molar-refractivity contribution in [3.63, 3.8) is 0 Å². The van der Waals surface area contributed by atoms with Crippen LogP contribution in [0.1, 0.15) is 33.6 Å². The quantitative estimate of drug-likeness (QED) is 0.478. The fourth-order valence-corrected chi connectivity index (χ4v) is 0.902. The molecule has 0 saturated carbocycles. The van der Waals surface area contributed by atoms with Gasteiger partial charge in [-0.15, -0.1) is 0 Å². The van der Waals surface area contributed by atoms with Crippen molar-refractivity contribution >= 4 is 23.2 Å². The maximum atomic E-state index is 11.3. The Labute approximate surface area is 97.0 Å². The Morgan fingerprint density at radius 2 is 2.00 bits per heavy atom. The van der Waals surface area contributed by atoms with E-state index < -0.39 is 0 Å². The number of nitrogens with one attached hydrogen (secondary N) is 2. The Balaban J connectivity index is 3.75. The van der Waals surface area contributed by atoms with Crippen LogP contribution >= 0.6 is 12.2 Å². The van der Waals surface area contributed by atoms with Gasteiger partial charge in [-0.25, -0.2) is 4.79 Å². The number of unbranched alkanes of at least 4 members (excludes halogenated alkanes) is 1. The molecule has 0 bridgehead atoms. The second kappa shape index (κ2) is 6.61. The van der Waals surface area contributed by atoms with E-state index in [4.69, 9.17) is 18.0 Å². The number of urea groups is 1. The van der Waals surface area contributed by atoms with Crippen molar-refractivity contribution in [2.45, 2.75) is 33.6 Å². The zero-order valence-electron chi connectivity index (χ0n) is 9.72. The monoisotopic (exact) mass is 231 g/mol. The lowest BCUT2D eigenvalue weighted by atomic mass is 9.94. The fraction of sp³-hybridized carbons (Fsp3) is 0.800. The molecule has 0 aromatic carbocycles. The van der Waals surface area contributed by atoms with Crippen molar-refractivity contribution in [2.24, 2.45) is 11.1 Å². The molecular formula is C10H21N3OS. The number of nitrogens with two attached hydrogens (primary N) is 1. The van der Waals surface area contributed by atoms with Crippen molar-refractivity contribution in [2.75, 3.05) is 13.1 Å². The van der Waals surface area contributed by atoms with Gasteiger partial charge in [0.1, 0.15) is 0 Å². The van der Waals surface area contributed by atoms with Crippen LogP contribution in [0.15, 0.2) is 0 Å². The van der Waals surface area contributed by atoms with E-state index in [2.05, 4.69) is 17.6 Å². The predicted octanol–water partition coefficient (Wildman–Crippen LogP) is 1.40. The first-order valence-corrected chi connectivity index (χ1v) is 5.62. The van der Waals surface area contributed by atoms with Crippen LogP contribution in [-0.2, 0) is 0 Å². The maximum absolute atomic E-state index is 11.3. The molecule has 0 aliphatic carbocycles. The minimum absolute atomic E-state index is 0.159. The number of rotatable bonds is 6. The second-order valence-corrected chi connectivity index (χ2v) is 4.65. The predicted molar refractivity (Wildman–Crippen MR) is 66.9 cm³/mol. The van der Waals surface area contributed by atoms with Crippen molar-refractivity contribution < 1.29 is 4.79 Å². The molecule has 0 unspecified atom stereocenters. The van der Waals surface area contributed by atoms with Gasteiger partial charge in [0, 0.05) is 18.5 Å². The topological polar surface area (TPSA) is 67.2 Å². The summed E-state index contributed by atoms with van der Waals surface area (Å²) in [7, 11) is 0. The number of amides is 2. The van der Waals surface area contributed by atoms with E-state index in [1.165, 1.54) is 0 Å². The molecular weight excluding hydrogens is 210 g/mol. The molecule has 0 heterocycles. The van der Waals surface area contributed by atoms with Crippen LogP contribution in [0.25, 0.3) is 0 Å². The van der Waals surface area contributed by atoms with Gasteiger partial charge in [0.25, 0.3) is 0 Å². The van der Waals surface area contributed by atoms with Crippen LogP contribution in [0.2, 0.25) is 0 Å². The number of carbonyl (C=O) groups excluding carboxylic acids is 1. The third-order valence-corrected chi connectivity index (χ3v) is 2.73. The molecule has 4 nitrogen and oxygen atoms in total. The van der Waals surface area contributed by atoms with Crippen LogP contribution < -0.4 is 16.4 Å². The summed E-state index contributed by atoms with van der Waals surface area (Å²) in [5.41, 5.74) is 5.20. The smallest absolute Gasteiger partial charge is 0.314 e. The summed E-state index contributed by atoms with van der Waals surface area (Å²) in [5, 5.41) is 5.51. The lowest BCUT2D eigenvalue weighted by molar-refractivity contribution is 0.238. The third kappa shape index (κ3) is 6.28. The first-order valence-electron chi connectivity index (χ1n) is 5.21. The van der Waals surface area contributed by atoms with Crippen LogP contribution in [-0.4, -0.2) is 24.1 Å². The Bertz CT molecular complexity index is 229. The number of thiocarbonyl (C=S) groups is 1. The summed E-state index contributed by atoms with van der Waals surface area (Å²) in [4.78, 5) is 11.7. The molecule has 4 N–H and O–H groups in total. The Hall–Kier alpha value is -0.840. The highest BCUT2D eigenvalue weighted by Crippen LogP contribution is 2.12. The van der Waals surface area contributed by atoms with Crippen LogP contribution in [0.4, 0.5) is 4.79 Å².